The fourth-order valence-corrected chi connectivity index (χ4v) is 1.79. The number of aromatic nitrogens is 2. The van der Waals surface area contributed by atoms with Crippen molar-refractivity contribution in [3.05, 3.63) is 41.0 Å². The first-order valence-corrected chi connectivity index (χ1v) is 6.03. The second-order valence-corrected chi connectivity index (χ2v) is 4.49. The van der Waals surface area contributed by atoms with Gasteiger partial charge in [0.25, 0.3) is 0 Å². The molecule has 0 aliphatic heterocycles. The Morgan fingerprint density at radius 1 is 1.32 bits per heavy atom. The summed E-state index contributed by atoms with van der Waals surface area (Å²) in [4.78, 5) is 22.1. The molecule has 6 nitrogen and oxygen atoms in total. The van der Waals surface area contributed by atoms with Gasteiger partial charge in [0.05, 0.1) is 11.9 Å². The first-order chi connectivity index (χ1) is 10.2. The molecule has 10 heteroatoms. The molecule has 0 unspecified atom stereocenters. The molecular weight excluding hydrogens is 327 g/mol. The van der Waals surface area contributed by atoms with Gasteiger partial charge in [0.2, 0.25) is 0 Å². The summed E-state index contributed by atoms with van der Waals surface area (Å²) in [5.41, 5.74) is -0.393. The maximum absolute atomic E-state index is 12.4. The van der Waals surface area contributed by atoms with Crippen LogP contribution in [0, 0.1) is 0 Å². The van der Waals surface area contributed by atoms with Gasteiger partial charge < -0.3 is 10.4 Å². The van der Waals surface area contributed by atoms with Crippen molar-refractivity contribution in [2.24, 2.45) is 0 Å². The van der Waals surface area contributed by atoms with Crippen molar-refractivity contribution >= 4 is 29.3 Å². The second kappa shape index (κ2) is 5.68. The number of carboxylic acid groups (broad SMARTS) is 1. The second-order valence-electron chi connectivity index (χ2n) is 4.06. The van der Waals surface area contributed by atoms with Gasteiger partial charge in [-0.1, -0.05) is 17.7 Å². The van der Waals surface area contributed by atoms with Crippen LogP contribution in [0.25, 0.3) is 5.69 Å². The number of aromatic carboxylic acids is 1. The van der Waals surface area contributed by atoms with E-state index < -0.39 is 29.4 Å². The Hall–Kier alpha value is -2.55. The highest BCUT2D eigenvalue weighted by molar-refractivity contribution is 6.30. The Labute approximate surface area is 126 Å². The molecule has 0 atom stereocenters. The van der Waals surface area contributed by atoms with Crippen LogP contribution in [0.2, 0.25) is 5.02 Å². The molecule has 1 heterocycles. The molecule has 0 aliphatic carbocycles. The number of carbonyl (C=O) groups is 2. The van der Waals surface area contributed by atoms with E-state index in [1.54, 1.807) is 0 Å². The van der Waals surface area contributed by atoms with E-state index in [4.69, 9.17) is 16.7 Å². The van der Waals surface area contributed by atoms with Crippen molar-refractivity contribution in [1.82, 2.24) is 9.78 Å². The van der Waals surface area contributed by atoms with Crippen LogP contribution < -0.4 is 5.32 Å². The highest BCUT2D eigenvalue weighted by atomic mass is 35.5. The van der Waals surface area contributed by atoms with Crippen molar-refractivity contribution < 1.29 is 27.9 Å². The lowest BCUT2D eigenvalue weighted by molar-refractivity contribution is -0.167. The van der Waals surface area contributed by atoms with E-state index in [0.29, 0.717) is 0 Å². The summed E-state index contributed by atoms with van der Waals surface area (Å²) in [6.07, 6.45) is -4.34. The van der Waals surface area contributed by atoms with Crippen LogP contribution in [0.15, 0.2) is 30.5 Å². The molecule has 0 fully saturated rings. The molecule has 0 saturated heterocycles. The fraction of sp³-hybridized carbons (Fsp3) is 0.0833. The lowest BCUT2D eigenvalue weighted by Crippen LogP contribution is -2.31. The minimum atomic E-state index is -5.17. The minimum absolute atomic E-state index is 0.192. The molecule has 2 rings (SSSR count). The van der Waals surface area contributed by atoms with Crippen LogP contribution in [-0.4, -0.2) is 32.9 Å². The van der Waals surface area contributed by atoms with Gasteiger partial charge in [0.1, 0.15) is 5.56 Å². The number of amides is 1. The van der Waals surface area contributed by atoms with E-state index in [1.807, 2.05) is 0 Å². The lowest BCUT2D eigenvalue weighted by atomic mass is 10.3. The Kier molecular flexibility index (Phi) is 4.09. The average Bonchev–Trinajstić information content (AvgIpc) is 2.81. The van der Waals surface area contributed by atoms with E-state index >= 15 is 0 Å². The number of alkyl halides is 3. The number of carboxylic acids is 1. The van der Waals surface area contributed by atoms with Crippen molar-refractivity contribution in [3.8, 4) is 5.69 Å². The smallest absolute Gasteiger partial charge is 0.471 e. The third-order valence-corrected chi connectivity index (χ3v) is 2.78. The van der Waals surface area contributed by atoms with E-state index in [2.05, 4.69) is 5.10 Å². The van der Waals surface area contributed by atoms with Gasteiger partial charge in [-0.2, -0.15) is 18.3 Å². The largest absolute Gasteiger partial charge is 0.477 e. The predicted molar refractivity (Wildman–Crippen MR) is 70.2 cm³/mol. The summed E-state index contributed by atoms with van der Waals surface area (Å²) in [7, 11) is 0. The van der Waals surface area contributed by atoms with Gasteiger partial charge in [-0.05, 0) is 18.2 Å². The molecule has 1 amide bonds. The first kappa shape index (κ1) is 15.8. The van der Waals surface area contributed by atoms with E-state index in [-0.39, 0.29) is 10.7 Å². The molecule has 22 heavy (non-hydrogen) atoms. The van der Waals surface area contributed by atoms with E-state index in [1.165, 1.54) is 29.6 Å². The van der Waals surface area contributed by atoms with E-state index in [0.717, 1.165) is 10.9 Å². The molecule has 0 bridgehead atoms. The minimum Gasteiger partial charge on any atom is -0.477 e. The molecule has 0 radical (unpaired) electrons. The van der Waals surface area contributed by atoms with Gasteiger partial charge in [-0.25, -0.2) is 9.48 Å². The molecule has 0 spiro atoms. The molecule has 0 aliphatic rings. The first-order valence-electron chi connectivity index (χ1n) is 5.65. The summed E-state index contributed by atoms with van der Waals surface area (Å²) < 4.78 is 37.9. The number of hydrogen-bond acceptors (Lipinski definition) is 3. The SMILES string of the molecule is O=C(O)c1cnn(-c2cccc(Cl)c2)c1NC(=O)C(F)(F)F. The summed E-state index contributed by atoms with van der Waals surface area (Å²) in [6, 6.07) is 5.80. The van der Waals surface area contributed by atoms with Crippen molar-refractivity contribution in [1.29, 1.82) is 0 Å². The monoisotopic (exact) mass is 333 g/mol. The molecular formula is C12H7ClF3N3O3. The maximum Gasteiger partial charge on any atom is 0.471 e. The number of carbonyl (C=O) groups excluding carboxylic acids is 1. The Morgan fingerprint density at radius 3 is 2.55 bits per heavy atom. The highest BCUT2D eigenvalue weighted by Gasteiger charge is 2.40. The number of benzene rings is 1. The van der Waals surface area contributed by atoms with Crippen LogP contribution >= 0.6 is 11.6 Å². The number of anilines is 1. The summed E-state index contributed by atoms with van der Waals surface area (Å²) in [5, 5.41) is 14.4. The zero-order valence-corrected chi connectivity index (χ0v) is 11.3. The van der Waals surface area contributed by atoms with Crippen LogP contribution in [-0.2, 0) is 4.79 Å². The van der Waals surface area contributed by atoms with Crippen LogP contribution in [0.1, 0.15) is 10.4 Å². The topological polar surface area (TPSA) is 84.2 Å². The van der Waals surface area contributed by atoms with Gasteiger partial charge in [0, 0.05) is 5.02 Å². The Bertz CT molecular complexity index is 743. The third-order valence-electron chi connectivity index (χ3n) is 2.54. The molecule has 2 N–H and O–H groups in total. The normalized spacial score (nSPS) is 11.3. The maximum atomic E-state index is 12.4. The van der Waals surface area contributed by atoms with Gasteiger partial charge in [-0.15, -0.1) is 0 Å². The molecule has 0 saturated carbocycles. The van der Waals surface area contributed by atoms with E-state index in [9.17, 15) is 22.8 Å². The molecule has 1 aromatic heterocycles. The summed E-state index contributed by atoms with van der Waals surface area (Å²) in [5.74, 6) is -4.46. The zero-order chi connectivity index (χ0) is 16.5. The van der Waals surface area contributed by atoms with Gasteiger partial charge in [0.15, 0.2) is 5.82 Å². The number of nitrogens with zero attached hydrogens (tertiary/aromatic N) is 2. The summed E-state index contributed by atoms with van der Waals surface area (Å²) in [6.45, 7) is 0. The Morgan fingerprint density at radius 2 is 2.00 bits per heavy atom. The summed E-state index contributed by atoms with van der Waals surface area (Å²) >= 11 is 5.77. The molecule has 1 aromatic carbocycles. The quantitative estimate of drug-likeness (QED) is 0.904. The number of rotatable bonds is 3. The molecule has 116 valence electrons. The average molecular weight is 334 g/mol. The van der Waals surface area contributed by atoms with Crippen molar-refractivity contribution in [2.45, 2.75) is 6.18 Å². The fourth-order valence-electron chi connectivity index (χ4n) is 1.61. The predicted octanol–water partition coefficient (Wildman–Crippen LogP) is 2.72. The number of hydrogen-bond donors (Lipinski definition) is 2. The van der Waals surface area contributed by atoms with Crippen molar-refractivity contribution in [2.75, 3.05) is 5.32 Å². The molecule has 2 aromatic rings. The zero-order valence-electron chi connectivity index (χ0n) is 10.6. The van der Waals surface area contributed by atoms with Gasteiger partial charge in [-0.3, -0.25) is 4.79 Å². The lowest BCUT2D eigenvalue weighted by Gasteiger charge is -2.11. The Balaban J connectivity index is 2.52. The van der Waals surface area contributed by atoms with Crippen LogP contribution in [0.3, 0.4) is 0 Å². The third kappa shape index (κ3) is 3.19. The van der Waals surface area contributed by atoms with Crippen LogP contribution in [0.5, 0.6) is 0 Å². The highest BCUT2D eigenvalue weighted by Crippen LogP contribution is 2.25. The van der Waals surface area contributed by atoms with Crippen molar-refractivity contribution in [3.63, 3.8) is 0 Å². The van der Waals surface area contributed by atoms with Gasteiger partial charge >= 0.3 is 18.1 Å². The standard InChI is InChI=1S/C12H7ClF3N3O3/c13-6-2-1-3-7(4-6)19-9(8(5-17-19)10(20)21)18-11(22)12(14,15)16/h1-5H,(H,18,22)(H,20,21). The van der Waals surface area contributed by atoms with Crippen LogP contribution in [0.4, 0.5) is 19.0 Å². The number of nitrogens with one attached hydrogen (secondary N) is 1. The number of halogens is 4.